The Hall–Kier alpha value is -2.58. The summed E-state index contributed by atoms with van der Waals surface area (Å²) in [5.74, 6) is 0.0533. The number of carbonyl (C=O) groups excluding carboxylic acids is 2. The first kappa shape index (κ1) is 20.2. The van der Waals surface area contributed by atoms with E-state index in [4.69, 9.17) is 16.3 Å². The number of hydrogen-bond acceptors (Lipinski definition) is 6. The number of thioether (sulfide) groups is 1. The highest BCUT2D eigenvalue weighted by Gasteiger charge is 2.15. The minimum absolute atomic E-state index is 0.179. The lowest BCUT2D eigenvalue weighted by Gasteiger charge is -2.06. The van der Waals surface area contributed by atoms with Gasteiger partial charge in [0.15, 0.2) is 5.16 Å². The number of aryl methyl sites for hydroxylation is 1. The number of aromatic nitrogens is 3. The van der Waals surface area contributed by atoms with Gasteiger partial charge in [-0.15, -0.1) is 0 Å². The van der Waals surface area contributed by atoms with E-state index in [2.05, 4.69) is 15.3 Å². The number of imidazole rings is 1. The third-order valence-corrected chi connectivity index (χ3v) is 5.07. The third-order valence-electron chi connectivity index (χ3n) is 3.87. The molecule has 0 saturated carbocycles. The predicted octanol–water partition coefficient (Wildman–Crippen LogP) is 4.01. The molecule has 0 aliphatic carbocycles. The van der Waals surface area contributed by atoms with Crippen LogP contribution in [0.2, 0.25) is 5.02 Å². The van der Waals surface area contributed by atoms with Crippen molar-refractivity contribution in [1.29, 1.82) is 0 Å². The number of nitrogens with zero attached hydrogens (tertiary/aromatic N) is 3. The topological polar surface area (TPSA) is 86.1 Å². The number of ether oxygens (including phenoxy) is 1. The molecule has 2 aromatic heterocycles. The van der Waals surface area contributed by atoms with Crippen molar-refractivity contribution in [1.82, 2.24) is 14.5 Å². The van der Waals surface area contributed by atoms with E-state index in [0.717, 1.165) is 5.52 Å². The van der Waals surface area contributed by atoms with Crippen LogP contribution < -0.4 is 5.32 Å². The summed E-state index contributed by atoms with van der Waals surface area (Å²) >= 11 is 7.11. The number of anilines is 1. The van der Waals surface area contributed by atoms with Crippen LogP contribution in [0.15, 0.2) is 41.7 Å². The van der Waals surface area contributed by atoms with E-state index in [-0.39, 0.29) is 17.6 Å². The lowest BCUT2D eigenvalue weighted by molar-refractivity contribution is -0.113. The molecule has 0 saturated heterocycles. The molecule has 2 heterocycles. The number of nitrogens with one attached hydrogen (secondary N) is 1. The molecular formula is C19H19ClN4O3S. The smallest absolute Gasteiger partial charge is 0.338 e. The number of hydrogen-bond donors (Lipinski definition) is 1. The molecule has 0 unspecified atom stereocenters. The fourth-order valence-corrected chi connectivity index (χ4v) is 3.61. The molecule has 1 amide bonds. The largest absolute Gasteiger partial charge is 0.462 e. The van der Waals surface area contributed by atoms with E-state index in [9.17, 15) is 9.59 Å². The predicted molar refractivity (Wildman–Crippen MR) is 110 cm³/mol. The van der Waals surface area contributed by atoms with Crippen molar-refractivity contribution in [3.05, 3.63) is 47.1 Å². The molecule has 0 spiro atoms. The average molecular weight is 419 g/mol. The zero-order valence-corrected chi connectivity index (χ0v) is 17.0. The average Bonchev–Trinajstić information content (AvgIpc) is 3.05. The Morgan fingerprint density at radius 2 is 2.07 bits per heavy atom. The molecule has 3 rings (SSSR count). The van der Waals surface area contributed by atoms with E-state index in [1.807, 2.05) is 17.6 Å². The maximum atomic E-state index is 12.2. The van der Waals surface area contributed by atoms with Crippen molar-refractivity contribution in [2.45, 2.75) is 25.5 Å². The Kier molecular flexibility index (Phi) is 6.53. The number of halogens is 1. The molecule has 7 nitrogen and oxygen atoms in total. The van der Waals surface area contributed by atoms with Crippen LogP contribution in [0, 0.1) is 0 Å². The van der Waals surface area contributed by atoms with Gasteiger partial charge in [-0.25, -0.2) is 14.8 Å². The maximum Gasteiger partial charge on any atom is 0.338 e. The molecule has 1 N–H and O–H groups in total. The highest BCUT2D eigenvalue weighted by molar-refractivity contribution is 7.99. The minimum atomic E-state index is -0.375. The van der Waals surface area contributed by atoms with Gasteiger partial charge in [0.1, 0.15) is 5.82 Å². The number of rotatable bonds is 7. The molecular weight excluding hydrogens is 400 g/mol. The summed E-state index contributed by atoms with van der Waals surface area (Å²) in [6.07, 6.45) is 1.47. The first-order valence-corrected chi connectivity index (χ1v) is 10.1. The van der Waals surface area contributed by atoms with Gasteiger partial charge in [0.05, 0.1) is 34.0 Å². The van der Waals surface area contributed by atoms with E-state index in [1.54, 1.807) is 31.2 Å². The highest BCUT2D eigenvalue weighted by Crippen LogP contribution is 2.25. The fraction of sp³-hybridized carbons (Fsp3) is 0.263. The van der Waals surface area contributed by atoms with Crippen LogP contribution in [-0.2, 0) is 16.1 Å². The fourth-order valence-electron chi connectivity index (χ4n) is 2.62. The van der Waals surface area contributed by atoms with Crippen LogP contribution in [0.1, 0.15) is 24.2 Å². The van der Waals surface area contributed by atoms with Gasteiger partial charge in [0.25, 0.3) is 0 Å². The van der Waals surface area contributed by atoms with Crippen molar-refractivity contribution in [2.24, 2.45) is 0 Å². The first-order chi connectivity index (χ1) is 13.5. The van der Waals surface area contributed by atoms with Gasteiger partial charge >= 0.3 is 5.97 Å². The van der Waals surface area contributed by atoms with Crippen LogP contribution in [-0.4, -0.2) is 38.8 Å². The van der Waals surface area contributed by atoms with E-state index in [0.29, 0.717) is 40.2 Å². The summed E-state index contributed by atoms with van der Waals surface area (Å²) in [5.41, 5.74) is 2.05. The Balaban J connectivity index is 1.73. The van der Waals surface area contributed by atoms with Gasteiger partial charge in [0.2, 0.25) is 5.91 Å². The quantitative estimate of drug-likeness (QED) is 0.460. The Labute approximate surface area is 171 Å². The third kappa shape index (κ3) is 4.63. The normalized spacial score (nSPS) is 10.8. The van der Waals surface area contributed by atoms with Gasteiger partial charge in [0, 0.05) is 12.7 Å². The molecule has 9 heteroatoms. The highest BCUT2D eigenvalue weighted by atomic mass is 35.5. The first-order valence-electron chi connectivity index (χ1n) is 8.73. The number of pyridine rings is 1. The van der Waals surface area contributed by atoms with Crippen LogP contribution in [0.5, 0.6) is 0 Å². The zero-order chi connectivity index (χ0) is 20.1. The molecule has 1 aromatic carbocycles. The Bertz CT molecular complexity index is 1000. The van der Waals surface area contributed by atoms with Crippen LogP contribution in [0.4, 0.5) is 5.82 Å². The minimum Gasteiger partial charge on any atom is -0.462 e. The summed E-state index contributed by atoms with van der Waals surface area (Å²) in [6, 6.07) is 8.58. The van der Waals surface area contributed by atoms with E-state index in [1.165, 1.54) is 18.0 Å². The number of benzene rings is 1. The van der Waals surface area contributed by atoms with Gasteiger partial charge in [-0.05, 0) is 44.2 Å². The van der Waals surface area contributed by atoms with E-state index < -0.39 is 0 Å². The number of amides is 1. The van der Waals surface area contributed by atoms with Gasteiger partial charge < -0.3 is 14.6 Å². The monoisotopic (exact) mass is 418 g/mol. The number of fused-ring (bicyclic) bond motifs is 1. The molecule has 0 fully saturated rings. The van der Waals surface area contributed by atoms with Crippen molar-refractivity contribution >= 4 is 52.1 Å². The second-order valence-electron chi connectivity index (χ2n) is 5.76. The van der Waals surface area contributed by atoms with Gasteiger partial charge in [-0.1, -0.05) is 23.4 Å². The second kappa shape index (κ2) is 9.07. The molecule has 0 atom stereocenters. The molecule has 3 aromatic rings. The van der Waals surface area contributed by atoms with Gasteiger partial charge in [-0.2, -0.15) is 0 Å². The number of esters is 1. The lowest BCUT2D eigenvalue weighted by atomic mass is 10.2. The summed E-state index contributed by atoms with van der Waals surface area (Å²) in [5, 5.41) is 3.93. The molecule has 0 aliphatic heterocycles. The summed E-state index contributed by atoms with van der Waals surface area (Å²) in [7, 11) is 0. The molecule has 146 valence electrons. The van der Waals surface area contributed by atoms with Crippen LogP contribution in [0.25, 0.3) is 11.0 Å². The molecule has 0 bridgehead atoms. The summed E-state index contributed by atoms with van der Waals surface area (Å²) in [6.45, 7) is 4.78. The molecule has 0 aliphatic rings. The van der Waals surface area contributed by atoms with Crippen molar-refractivity contribution in [2.75, 3.05) is 17.7 Å². The Morgan fingerprint density at radius 1 is 1.25 bits per heavy atom. The van der Waals surface area contributed by atoms with E-state index >= 15 is 0 Å². The SMILES string of the molecule is CCOC(=O)c1ccc2c(c1)nc(SCC(=O)Nc1ccc(Cl)cn1)n2CC. The van der Waals surface area contributed by atoms with Crippen molar-refractivity contribution < 1.29 is 14.3 Å². The standard InChI is InChI=1S/C19H19ClN4O3S/c1-3-24-15-7-5-12(18(26)27-4-2)9-14(15)22-19(24)28-11-17(25)23-16-8-6-13(20)10-21-16/h5-10H,3-4,11H2,1-2H3,(H,21,23,25). The summed E-state index contributed by atoms with van der Waals surface area (Å²) in [4.78, 5) is 32.8. The zero-order valence-electron chi connectivity index (χ0n) is 15.4. The van der Waals surface area contributed by atoms with Crippen molar-refractivity contribution in [3.63, 3.8) is 0 Å². The Morgan fingerprint density at radius 3 is 2.75 bits per heavy atom. The van der Waals surface area contributed by atoms with Crippen LogP contribution >= 0.6 is 23.4 Å². The number of carbonyl (C=O) groups is 2. The van der Waals surface area contributed by atoms with Crippen LogP contribution in [0.3, 0.4) is 0 Å². The summed E-state index contributed by atoms with van der Waals surface area (Å²) < 4.78 is 7.04. The molecule has 28 heavy (non-hydrogen) atoms. The maximum absolute atomic E-state index is 12.2. The lowest BCUT2D eigenvalue weighted by Crippen LogP contribution is -2.15. The van der Waals surface area contributed by atoms with Crippen molar-refractivity contribution in [3.8, 4) is 0 Å². The molecule has 0 radical (unpaired) electrons. The second-order valence-corrected chi connectivity index (χ2v) is 7.14. The van der Waals surface area contributed by atoms with Gasteiger partial charge in [-0.3, -0.25) is 4.79 Å².